The first-order valence-corrected chi connectivity index (χ1v) is 4.72. The highest BCUT2D eigenvalue weighted by Gasteiger charge is 2.13. The van der Waals surface area contributed by atoms with Crippen molar-refractivity contribution in [3.8, 4) is 0 Å². The number of hydrogen-bond donors (Lipinski definition) is 2. The average Bonchev–Trinajstić information content (AvgIpc) is 2.18. The molecule has 0 aromatic heterocycles. The summed E-state index contributed by atoms with van der Waals surface area (Å²) in [5.74, 6) is 0. The first kappa shape index (κ1) is 10.2. The van der Waals surface area contributed by atoms with Crippen LogP contribution in [0, 0.1) is 0 Å². The maximum atomic E-state index is 9.86. The van der Waals surface area contributed by atoms with Gasteiger partial charge in [-0.15, -0.1) is 0 Å². The number of benzene rings is 1. The normalized spacial score (nSPS) is 15.3. The third kappa shape index (κ3) is 2.83. The summed E-state index contributed by atoms with van der Waals surface area (Å²) >= 11 is 0. The molecule has 0 heterocycles. The number of likely N-dealkylation sites (N-methyl/N-ethyl adjacent to an activating group) is 1. The Kier molecular flexibility index (Phi) is 3.93. The molecule has 0 saturated heterocycles. The molecule has 0 aliphatic carbocycles. The minimum atomic E-state index is -0.416. The summed E-state index contributed by atoms with van der Waals surface area (Å²) in [6.07, 6.45) is -0.416. The fourth-order valence-corrected chi connectivity index (χ4v) is 1.37. The van der Waals surface area contributed by atoms with Gasteiger partial charge in [0.05, 0.1) is 6.10 Å². The molecular formula is C11H17NO. The minimum Gasteiger partial charge on any atom is -0.387 e. The van der Waals surface area contributed by atoms with E-state index < -0.39 is 6.10 Å². The SMILES string of the molecule is CCN[C@H](C)[C@@H](O)c1ccccc1. The maximum Gasteiger partial charge on any atom is 0.0940 e. The Morgan fingerprint density at radius 3 is 2.46 bits per heavy atom. The Hall–Kier alpha value is -0.860. The number of aliphatic hydroxyl groups is 1. The molecule has 0 amide bonds. The molecule has 0 bridgehead atoms. The maximum absolute atomic E-state index is 9.86. The van der Waals surface area contributed by atoms with Crippen molar-refractivity contribution in [2.24, 2.45) is 0 Å². The van der Waals surface area contributed by atoms with Gasteiger partial charge in [0.15, 0.2) is 0 Å². The molecule has 2 N–H and O–H groups in total. The molecule has 0 aliphatic heterocycles. The van der Waals surface area contributed by atoms with Gasteiger partial charge < -0.3 is 10.4 Å². The fourth-order valence-electron chi connectivity index (χ4n) is 1.37. The zero-order valence-corrected chi connectivity index (χ0v) is 8.20. The lowest BCUT2D eigenvalue weighted by molar-refractivity contribution is 0.137. The van der Waals surface area contributed by atoms with Gasteiger partial charge in [0.2, 0.25) is 0 Å². The molecule has 2 atom stereocenters. The van der Waals surface area contributed by atoms with Gasteiger partial charge in [-0.2, -0.15) is 0 Å². The van der Waals surface area contributed by atoms with Crippen molar-refractivity contribution in [2.45, 2.75) is 26.0 Å². The van der Waals surface area contributed by atoms with Crippen LogP contribution in [0.25, 0.3) is 0 Å². The lowest BCUT2D eigenvalue weighted by atomic mass is 10.0. The topological polar surface area (TPSA) is 32.3 Å². The van der Waals surface area contributed by atoms with E-state index in [-0.39, 0.29) is 6.04 Å². The predicted molar refractivity (Wildman–Crippen MR) is 54.5 cm³/mol. The van der Waals surface area contributed by atoms with Crippen LogP contribution in [-0.4, -0.2) is 17.7 Å². The Balaban J connectivity index is 2.62. The van der Waals surface area contributed by atoms with Crippen molar-refractivity contribution >= 4 is 0 Å². The van der Waals surface area contributed by atoms with E-state index in [1.54, 1.807) is 0 Å². The molecule has 0 spiro atoms. The predicted octanol–water partition coefficient (Wildman–Crippen LogP) is 1.72. The quantitative estimate of drug-likeness (QED) is 0.737. The molecule has 0 fully saturated rings. The molecule has 0 unspecified atom stereocenters. The van der Waals surface area contributed by atoms with Crippen molar-refractivity contribution in [3.05, 3.63) is 35.9 Å². The highest BCUT2D eigenvalue weighted by Crippen LogP contribution is 2.15. The summed E-state index contributed by atoms with van der Waals surface area (Å²) in [5.41, 5.74) is 0.968. The van der Waals surface area contributed by atoms with Gasteiger partial charge in [0, 0.05) is 6.04 Å². The van der Waals surface area contributed by atoms with Gasteiger partial charge in [-0.25, -0.2) is 0 Å². The van der Waals surface area contributed by atoms with Crippen LogP contribution < -0.4 is 5.32 Å². The van der Waals surface area contributed by atoms with Gasteiger partial charge in [0.25, 0.3) is 0 Å². The van der Waals surface area contributed by atoms with Crippen molar-refractivity contribution < 1.29 is 5.11 Å². The smallest absolute Gasteiger partial charge is 0.0940 e. The van der Waals surface area contributed by atoms with E-state index in [0.717, 1.165) is 12.1 Å². The van der Waals surface area contributed by atoms with E-state index in [9.17, 15) is 5.11 Å². The highest BCUT2D eigenvalue weighted by atomic mass is 16.3. The van der Waals surface area contributed by atoms with Crippen LogP contribution in [0.15, 0.2) is 30.3 Å². The molecular weight excluding hydrogens is 162 g/mol. The molecule has 2 nitrogen and oxygen atoms in total. The molecule has 0 aliphatic rings. The second-order valence-corrected chi connectivity index (χ2v) is 3.20. The van der Waals surface area contributed by atoms with Crippen LogP contribution in [0.1, 0.15) is 25.5 Å². The van der Waals surface area contributed by atoms with E-state index >= 15 is 0 Å². The minimum absolute atomic E-state index is 0.104. The third-order valence-corrected chi connectivity index (χ3v) is 2.14. The highest BCUT2D eigenvalue weighted by molar-refractivity contribution is 5.18. The Labute approximate surface area is 79.6 Å². The summed E-state index contributed by atoms with van der Waals surface area (Å²) < 4.78 is 0. The molecule has 0 saturated carbocycles. The van der Waals surface area contributed by atoms with Gasteiger partial charge in [0.1, 0.15) is 0 Å². The molecule has 0 radical (unpaired) electrons. The van der Waals surface area contributed by atoms with Crippen LogP contribution in [0.5, 0.6) is 0 Å². The first-order chi connectivity index (χ1) is 6.25. The molecule has 1 rings (SSSR count). The van der Waals surface area contributed by atoms with Gasteiger partial charge >= 0.3 is 0 Å². The van der Waals surface area contributed by atoms with Crippen LogP contribution in [0.2, 0.25) is 0 Å². The summed E-state index contributed by atoms with van der Waals surface area (Å²) in [6.45, 7) is 4.90. The standard InChI is InChI=1S/C11H17NO/c1-3-12-9(2)11(13)10-7-5-4-6-8-10/h4-9,11-13H,3H2,1-2H3/t9-,11-/m1/s1. The fraction of sp³-hybridized carbons (Fsp3) is 0.455. The van der Waals surface area contributed by atoms with E-state index in [1.807, 2.05) is 44.2 Å². The van der Waals surface area contributed by atoms with Gasteiger partial charge in [-0.3, -0.25) is 0 Å². The van der Waals surface area contributed by atoms with Crippen molar-refractivity contribution in [3.63, 3.8) is 0 Å². The first-order valence-electron chi connectivity index (χ1n) is 4.72. The van der Waals surface area contributed by atoms with Gasteiger partial charge in [-0.1, -0.05) is 37.3 Å². The van der Waals surface area contributed by atoms with Gasteiger partial charge in [-0.05, 0) is 19.0 Å². The van der Waals surface area contributed by atoms with Crippen LogP contribution >= 0.6 is 0 Å². The Morgan fingerprint density at radius 1 is 1.31 bits per heavy atom. The lowest BCUT2D eigenvalue weighted by Crippen LogP contribution is -2.31. The molecule has 1 aromatic carbocycles. The second kappa shape index (κ2) is 5.00. The number of hydrogen-bond acceptors (Lipinski definition) is 2. The Bertz CT molecular complexity index is 235. The van der Waals surface area contributed by atoms with Crippen molar-refractivity contribution in [1.29, 1.82) is 0 Å². The number of rotatable bonds is 4. The Morgan fingerprint density at radius 2 is 1.92 bits per heavy atom. The second-order valence-electron chi connectivity index (χ2n) is 3.20. The van der Waals surface area contributed by atoms with E-state index in [1.165, 1.54) is 0 Å². The van der Waals surface area contributed by atoms with Crippen LogP contribution in [0.4, 0.5) is 0 Å². The summed E-state index contributed by atoms with van der Waals surface area (Å²) in [4.78, 5) is 0. The zero-order chi connectivity index (χ0) is 9.68. The molecule has 72 valence electrons. The summed E-state index contributed by atoms with van der Waals surface area (Å²) in [6, 6.07) is 9.83. The largest absolute Gasteiger partial charge is 0.387 e. The van der Waals surface area contributed by atoms with Crippen molar-refractivity contribution in [2.75, 3.05) is 6.54 Å². The van der Waals surface area contributed by atoms with E-state index in [2.05, 4.69) is 5.32 Å². The van der Waals surface area contributed by atoms with E-state index in [0.29, 0.717) is 0 Å². The third-order valence-electron chi connectivity index (χ3n) is 2.14. The molecule has 1 aromatic rings. The molecule has 13 heavy (non-hydrogen) atoms. The van der Waals surface area contributed by atoms with E-state index in [4.69, 9.17) is 0 Å². The average molecular weight is 179 g/mol. The summed E-state index contributed by atoms with van der Waals surface area (Å²) in [7, 11) is 0. The zero-order valence-electron chi connectivity index (χ0n) is 8.20. The lowest BCUT2D eigenvalue weighted by Gasteiger charge is -2.19. The monoisotopic (exact) mass is 179 g/mol. The number of nitrogens with one attached hydrogen (secondary N) is 1. The number of aliphatic hydroxyl groups excluding tert-OH is 1. The molecule has 2 heteroatoms. The van der Waals surface area contributed by atoms with Crippen LogP contribution in [0.3, 0.4) is 0 Å². The summed E-state index contributed by atoms with van der Waals surface area (Å²) in [5, 5.41) is 13.1. The van der Waals surface area contributed by atoms with Crippen LogP contribution in [-0.2, 0) is 0 Å². The van der Waals surface area contributed by atoms with Crippen molar-refractivity contribution in [1.82, 2.24) is 5.32 Å².